The Morgan fingerprint density at radius 1 is 1.32 bits per heavy atom. The highest BCUT2D eigenvalue weighted by Gasteiger charge is 2.47. The maximum Gasteiger partial charge on any atom is 0.200 e. The lowest BCUT2D eigenvalue weighted by atomic mass is 10.0. The molecular formula is C17H23NO4. The number of hydrogen-bond acceptors (Lipinski definition) is 5. The fourth-order valence-corrected chi connectivity index (χ4v) is 2.97. The number of rotatable bonds is 4. The quantitative estimate of drug-likeness (QED) is 0.799. The predicted octanol–water partition coefficient (Wildman–Crippen LogP) is 2.48. The Morgan fingerprint density at radius 3 is 2.64 bits per heavy atom. The van der Waals surface area contributed by atoms with Crippen LogP contribution in [0.15, 0.2) is 42.5 Å². The minimum absolute atomic E-state index is 0.0908. The molecule has 2 fully saturated rings. The molecule has 0 aromatic heterocycles. The minimum atomic E-state index is -0.575. The van der Waals surface area contributed by atoms with Crippen LogP contribution in [0.25, 0.3) is 0 Å². The Balaban J connectivity index is 1.79. The summed E-state index contributed by atoms with van der Waals surface area (Å²) in [7, 11) is 1.62. The summed E-state index contributed by atoms with van der Waals surface area (Å²) in [6.45, 7) is 9.14. The second kappa shape index (κ2) is 6.10. The first-order chi connectivity index (χ1) is 10.5. The molecule has 2 aliphatic rings. The van der Waals surface area contributed by atoms with Crippen molar-refractivity contribution in [2.75, 3.05) is 13.7 Å². The highest BCUT2D eigenvalue weighted by Crippen LogP contribution is 2.35. The second-order valence-electron chi connectivity index (χ2n) is 6.12. The summed E-state index contributed by atoms with van der Waals surface area (Å²) in [6, 6.07) is 10.1. The normalized spacial score (nSPS) is 31.8. The Kier molecular flexibility index (Phi) is 4.34. The molecule has 0 unspecified atom stereocenters. The van der Waals surface area contributed by atoms with Crippen molar-refractivity contribution >= 4 is 0 Å². The number of hydrogen-bond donors (Lipinski definition) is 0. The third-order valence-corrected chi connectivity index (χ3v) is 4.00. The fourth-order valence-electron chi connectivity index (χ4n) is 2.97. The summed E-state index contributed by atoms with van der Waals surface area (Å²) in [6.07, 6.45) is -0.563. The lowest BCUT2D eigenvalue weighted by molar-refractivity contribution is -0.243. The van der Waals surface area contributed by atoms with Gasteiger partial charge >= 0.3 is 0 Å². The molecule has 0 saturated carbocycles. The molecule has 1 aromatic rings. The van der Waals surface area contributed by atoms with E-state index in [1.165, 1.54) is 0 Å². The van der Waals surface area contributed by atoms with Gasteiger partial charge in [-0.2, -0.15) is 5.06 Å². The standard InChI is InChI=1S/C17H23NO4/c1-12-15(14-11-20-17(2,3)21-14)18(22-16(12)19-4)10-13-8-6-5-7-9-13/h5-9,14-16H,1,10-11H2,2-4H3/t14-,15+,16-/m1/s1. The first kappa shape index (κ1) is 15.6. The van der Waals surface area contributed by atoms with Crippen molar-refractivity contribution in [2.24, 2.45) is 0 Å². The average molecular weight is 305 g/mol. The summed E-state index contributed by atoms with van der Waals surface area (Å²) in [5.74, 6) is -0.575. The number of benzene rings is 1. The molecule has 2 aliphatic heterocycles. The Morgan fingerprint density at radius 2 is 2.05 bits per heavy atom. The number of methoxy groups -OCH3 is 1. The molecule has 0 bridgehead atoms. The molecule has 120 valence electrons. The van der Waals surface area contributed by atoms with Crippen LogP contribution in [-0.2, 0) is 25.6 Å². The summed E-state index contributed by atoms with van der Waals surface area (Å²) in [4.78, 5) is 5.90. The molecule has 5 heteroatoms. The zero-order valence-electron chi connectivity index (χ0n) is 13.3. The van der Waals surface area contributed by atoms with Crippen LogP contribution >= 0.6 is 0 Å². The van der Waals surface area contributed by atoms with Gasteiger partial charge in [-0.05, 0) is 19.4 Å². The largest absolute Gasteiger partial charge is 0.351 e. The van der Waals surface area contributed by atoms with Crippen molar-refractivity contribution in [3.05, 3.63) is 48.0 Å². The number of nitrogens with zero attached hydrogens (tertiary/aromatic N) is 1. The lowest BCUT2D eigenvalue weighted by Crippen LogP contribution is -2.41. The molecule has 3 atom stereocenters. The van der Waals surface area contributed by atoms with E-state index in [0.717, 1.165) is 11.1 Å². The van der Waals surface area contributed by atoms with Crippen LogP contribution in [0.1, 0.15) is 19.4 Å². The number of hydroxylamine groups is 2. The molecule has 1 aromatic carbocycles. The summed E-state index contributed by atoms with van der Waals surface area (Å²) in [5, 5.41) is 1.89. The van der Waals surface area contributed by atoms with E-state index in [4.69, 9.17) is 19.0 Å². The summed E-state index contributed by atoms with van der Waals surface area (Å²) < 4.78 is 17.1. The Hall–Kier alpha value is -1.24. The van der Waals surface area contributed by atoms with Crippen molar-refractivity contribution < 1.29 is 19.0 Å². The van der Waals surface area contributed by atoms with Crippen LogP contribution in [0.2, 0.25) is 0 Å². The van der Waals surface area contributed by atoms with Gasteiger partial charge in [-0.3, -0.25) is 4.84 Å². The highest BCUT2D eigenvalue weighted by atomic mass is 16.8. The zero-order valence-corrected chi connectivity index (χ0v) is 13.3. The molecule has 2 heterocycles. The van der Waals surface area contributed by atoms with Gasteiger partial charge in [0.25, 0.3) is 0 Å². The van der Waals surface area contributed by atoms with Crippen LogP contribution in [0, 0.1) is 0 Å². The highest BCUT2D eigenvalue weighted by molar-refractivity contribution is 5.19. The van der Waals surface area contributed by atoms with E-state index in [0.29, 0.717) is 13.2 Å². The fraction of sp³-hybridized carbons (Fsp3) is 0.529. The molecule has 0 spiro atoms. The van der Waals surface area contributed by atoms with E-state index in [-0.39, 0.29) is 12.1 Å². The molecule has 2 saturated heterocycles. The van der Waals surface area contributed by atoms with Gasteiger partial charge in [0, 0.05) is 12.7 Å². The van der Waals surface area contributed by atoms with Gasteiger partial charge < -0.3 is 14.2 Å². The van der Waals surface area contributed by atoms with Crippen LogP contribution in [0.4, 0.5) is 0 Å². The van der Waals surface area contributed by atoms with E-state index in [9.17, 15) is 0 Å². The third kappa shape index (κ3) is 3.09. The molecule has 0 aliphatic carbocycles. The van der Waals surface area contributed by atoms with Gasteiger partial charge in [-0.1, -0.05) is 36.9 Å². The molecule has 3 rings (SSSR count). The minimum Gasteiger partial charge on any atom is -0.351 e. The van der Waals surface area contributed by atoms with Crippen LogP contribution < -0.4 is 0 Å². The lowest BCUT2D eigenvalue weighted by Gasteiger charge is -2.27. The monoisotopic (exact) mass is 305 g/mol. The van der Waals surface area contributed by atoms with Crippen molar-refractivity contribution in [1.29, 1.82) is 0 Å². The van der Waals surface area contributed by atoms with Crippen LogP contribution in [0.3, 0.4) is 0 Å². The Labute approximate surface area is 131 Å². The maximum absolute atomic E-state index is 6.00. The van der Waals surface area contributed by atoms with Crippen molar-refractivity contribution in [1.82, 2.24) is 5.06 Å². The summed E-state index contributed by atoms with van der Waals surface area (Å²) in [5.41, 5.74) is 2.03. The SMILES string of the molecule is C=C1[C@H](OC)ON(Cc2ccccc2)[C@@H]1[C@H]1COC(C)(C)O1. The molecule has 0 radical (unpaired) electrons. The second-order valence-corrected chi connectivity index (χ2v) is 6.12. The molecule has 22 heavy (non-hydrogen) atoms. The van der Waals surface area contributed by atoms with E-state index >= 15 is 0 Å². The van der Waals surface area contributed by atoms with Gasteiger partial charge in [-0.15, -0.1) is 0 Å². The van der Waals surface area contributed by atoms with Crippen molar-refractivity contribution in [2.45, 2.75) is 44.6 Å². The average Bonchev–Trinajstić information content (AvgIpc) is 2.99. The van der Waals surface area contributed by atoms with E-state index in [2.05, 4.69) is 18.7 Å². The van der Waals surface area contributed by atoms with Crippen molar-refractivity contribution in [3.63, 3.8) is 0 Å². The van der Waals surface area contributed by atoms with Gasteiger partial charge in [0.1, 0.15) is 6.10 Å². The predicted molar refractivity (Wildman–Crippen MR) is 81.7 cm³/mol. The van der Waals surface area contributed by atoms with Gasteiger partial charge in [0.15, 0.2) is 5.79 Å². The first-order valence-electron chi connectivity index (χ1n) is 7.51. The molecule has 5 nitrogen and oxygen atoms in total. The zero-order chi connectivity index (χ0) is 15.7. The van der Waals surface area contributed by atoms with E-state index < -0.39 is 12.1 Å². The number of ether oxygens (including phenoxy) is 3. The topological polar surface area (TPSA) is 40.2 Å². The summed E-state index contributed by atoms with van der Waals surface area (Å²) >= 11 is 0. The molecule has 0 amide bonds. The Bertz CT molecular complexity index is 531. The smallest absolute Gasteiger partial charge is 0.200 e. The molecule has 0 N–H and O–H groups in total. The van der Waals surface area contributed by atoms with E-state index in [1.807, 2.05) is 37.1 Å². The molecular weight excluding hydrogens is 282 g/mol. The third-order valence-electron chi connectivity index (χ3n) is 4.00. The van der Waals surface area contributed by atoms with E-state index in [1.54, 1.807) is 7.11 Å². The van der Waals surface area contributed by atoms with Crippen molar-refractivity contribution in [3.8, 4) is 0 Å². The maximum atomic E-state index is 6.00. The van der Waals surface area contributed by atoms with Gasteiger partial charge in [-0.25, -0.2) is 0 Å². The van der Waals surface area contributed by atoms with Crippen LogP contribution in [0.5, 0.6) is 0 Å². The van der Waals surface area contributed by atoms with Gasteiger partial charge in [0.05, 0.1) is 19.2 Å². The van der Waals surface area contributed by atoms with Gasteiger partial charge in [0.2, 0.25) is 6.29 Å². The van der Waals surface area contributed by atoms with Crippen LogP contribution in [-0.4, -0.2) is 43.0 Å². The first-order valence-corrected chi connectivity index (χ1v) is 7.51.